The number of hydrogen-bond acceptors (Lipinski definition) is 0. The Morgan fingerprint density at radius 1 is 0.762 bits per heavy atom. The molecule has 0 N–H and O–H groups in total. The molecule has 1 aromatic rings. The lowest BCUT2D eigenvalue weighted by molar-refractivity contribution is -0.938. The molecule has 0 fully saturated rings. The quantitative estimate of drug-likeness (QED) is 0.422. The third kappa shape index (κ3) is 8.01. The van der Waals surface area contributed by atoms with Gasteiger partial charge in [0.05, 0.1) is 19.6 Å². The molecule has 0 unspecified atom stereocenters. The maximum Gasteiger partial charge on any atom is 0.104 e. The molecule has 0 saturated carbocycles. The molecule has 0 amide bonds. The Bertz CT molecular complexity index is 333. The molecular formula is C19H34BrN. The van der Waals surface area contributed by atoms with Crippen molar-refractivity contribution in [1.29, 1.82) is 0 Å². The summed E-state index contributed by atoms with van der Waals surface area (Å²) in [6.07, 6.45) is 8.40. The highest BCUT2D eigenvalue weighted by Crippen LogP contribution is 2.17. The highest BCUT2D eigenvalue weighted by molar-refractivity contribution is 5.13. The van der Waals surface area contributed by atoms with Crippen molar-refractivity contribution < 1.29 is 21.5 Å². The summed E-state index contributed by atoms with van der Waals surface area (Å²) < 4.78 is 1.25. The van der Waals surface area contributed by atoms with Gasteiger partial charge in [-0.3, -0.25) is 0 Å². The molecule has 0 bridgehead atoms. The fourth-order valence-corrected chi connectivity index (χ4v) is 3.04. The van der Waals surface area contributed by atoms with Crippen LogP contribution in [0.2, 0.25) is 0 Å². The molecule has 1 aromatic carbocycles. The van der Waals surface area contributed by atoms with Gasteiger partial charge < -0.3 is 21.5 Å². The molecule has 0 radical (unpaired) electrons. The van der Waals surface area contributed by atoms with Crippen LogP contribution in [0.15, 0.2) is 30.3 Å². The molecule has 0 aliphatic carbocycles. The standard InChI is InChI=1S/C19H34N.BrH/c1-4-7-8-9-10-14-17-20(5-2,6-3)18-19-15-12-11-13-16-19;/h11-13,15-16H,4-10,14,17-18H2,1-3H3;1H/q+1;/p-1. The van der Waals surface area contributed by atoms with E-state index in [1.807, 2.05) is 0 Å². The molecule has 0 atom stereocenters. The molecule has 0 heterocycles. The molecule has 2 heteroatoms. The van der Waals surface area contributed by atoms with Gasteiger partial charge in [0, 0.05) is 5.56 Å². The predicted molar refractivity (Wildman–Crippen MR) is 89.7 cm³/mol. The highest BCUT2D eigenvalue weighted by Gasteiger charge is 2.22. The number of quaternary nitrogens is 1. The van der Waals surface area contributed by atoms with E-state index in [-0.39, 0.29) is 17.0 Å². The van der Waals surface area contributed by atoms with Gasteiger partial charge in [-0.2, -0.15) is 0 Å². The molecule has 122 valence electrons. The highest BCUT2D eigenvalue weighted by atomic mass is 79.9. The van der Waals surface area contributed by atoms with Crippen LogP contribution in [0.4, 0.5) is 0 Å². The summed E-state index contributed by atoms with van der Waals surface area (Å²) in [5, 5.41) is 0. The van der Waals surface area contributed by atoms with Crippen LogP contribution in [0.1, 0.15) is 64.9 Å². The molecular weight excluding hydrogens is 322 g/mol. The lowest BCUT2D eigenvalue weighted by atomic mass is 10.1. The van der Waals surface area contributed by atoms with Gasteiger partial charge in [-0.25, -0.2) is 0 Å². The van der Waals surface area contributed by atoms with Crippen LogP contribution in [0.25, 0.3) is 0 Å². The summed E-state index contributed by atoms with van der Waals surface area (Å²) in [7, 11) is 0. The zero-order chi connectivity index (χ0) is 14.7. The predicted octanol–water partition coefficient (Wildman–Crippen LogP) is 2.41. The summed E-state index contributed by atoms with van der Waals surface area (Å²) in [6.45, 7) is 12.0. The van der Waals surface area contributed by atoms with E-state index >= 15 is 0 Å². The smallest absolute Gasteiger partial charge is 0.104 e. The zero-order valence-corrected chi connectivity index (χ0v) is 15.9. The summed E-state index contributed by atoms with van der Waals surface area (Å²) >= 11 is 0. The van der Waals surface area contributed by atoms with E-state index in [1.54, 1.807) is 0 Å². The van der Waals surface area contributed by atoms with Gasteiger partial charge in [0.15, 0.2) is 0 Å². The SMILES string of the molecule is CCCCCCCC[N+](CC)(CC)Cc1ccccc1.[Br-]. The molecule has 0 aliphatic heterocycles. The van der Waals surface area contributed by atoms with Crippen LogP contribution in [-0.2, 0) is 6.54 Å². The number of benzene rings is 1. The second-order valence-electron chi connectivity index (χ2n) is 6.11. The Hall–Kier alpha value is -0.340. The lowest BCUT2D eigenvalue weighted by Crippen LogP contribution is -3.00. The van der Waals surface area contributed by atoms with Crippen molar-refractivity contribution in [3.8, 4) is 0 Å². The van der Waals surface area contributed by atoms with Crippen molar-refractivity contribution >= 4 is 0 Å². The lowest BCUT2D eigenvalue weighted by Gasteiger charge is -2.37. The van der Waals surface area contributed by atoms with E-state index in [1.165, 1.54) is 74.8 Å². The Morgan fingerprint density at radius 2 is 1.33 bits per heavy atom. The van der Waals surface area contributed by atoms with Crippen LogP contribution in [0.5, 0.6) is 0 Å². The maximum atomic E-state index is 2.35. The summed E-state index contributed by atoms with van der Waals surface area (Å²) in [5.41, 5.74) is 1.49. The van der Waals surface area contributed by atoms with Gasteiger partial charge in [-0.15, -0.1) is 0 Å². The minimum Gasteiger partial charge on any atom is -1.00 e. The van der Waals surface area contributed by atoms with E-state index in [4.69, 9.17) is 0 Å². The van der Waals surface area contributed by atoms with E-state index in [2.05, 4.69) is 51.1 Å². The van der Waals surface area contributed by atoms with Gasteiger partial charge in [-0.05, 0) is 26.7 Å². The third-order valence-corrected chi connectivity index (χ3v) is 4.69. The Kier molecular flexibility index (Phi) is 12.0. The normalized spacial score (nSPS) is 11.2. The van der Waals surface area contributed by atoms with E-state index < -0.39 is 0 Å². The van der Waals surface area contributed by atoms with E-state index in [0.717, 1.165) is 0 Å². The summed E-state index contributed by atoms with van der Waals surface area (Å²) in [6, 6.07) is 11.0. The van der Waals surface area contributed by atoms with Gasteiger partial charge >= 0.3 is 0 Å². The monoisotopic (exact) mass is 355 g/mol. The molecule has 0 spiro atoms. The molecule has 1 nitrogen and oxygen atoms in total. The van der Waals surface area contributed by atoms with Gasteiger partial charge in [0.25, 0.3) is 0 Å². The largest absolute Gasteiger partial charge is 1.00 e. The van der Waals surface area contributed by atoms with Crippen molar-refractivity contribution in [1.82, 2.24) is 0 Å². The third-order valence-electron chi connectivity index (χ3n) is 4.69. The number of hydrogen-bond donors (Lipinski definition) is 0. The molecule has 0 saturated heterocycles. The minimum atomic E-state index is 0. The Balaban J connectivity index is 0.00000400. The average Bonchev–Trinajstić information content (AvgIpc) is 2.50. The van der Waals surface area contributed by atoms with Crippen molar-refractivity contribution in [2.24, 2.45) is 0 Å². The topological polar surface area (TPSA) is 0 Å². The maximum absolute atomic E-state index is 2.35. The van der Waals surface area contributed by atoms with Crippen molar-refractivity contribution in [3.05, 3.63) is 35.9 Å². The van der Waals surface area contributed by atoms with Gasteiger partial charge in [0.2, 0.25) is 0 Å². The van der Waals surface area contributed by atoms with Crippen LogP contribution in [0.3, 0.4) is 0 Å². The fraction of sp³-hybridized carbons (Fsp3) is 0.684. The molecule has 21 heavy (non-hydrogen) atoms. The molecule has 1 rings (SSSR count). The fourth-order valence-electron chi connectivity index (χ4n) is 3.04. The minimum absolute atomic E-state index is 0. The Labute approximate surface area is 143 Å². The first kappa shape index (κ1) is 20.7. The van der Waals surface area contributed by atoms with Crippen molar-refractivity contribution in [2.45, 2.75) is 65.8 Å². The van der Waals surface area contributed by atoms with Gasteiger partial charge in [-0.1, -0.05) is 62.9 Å². The number of nitrogens with zero attached hydrogens (tertiary/aromatic N) is 1. The van der Waals surface area contributed by atoms with Crippen LogP contribution in [0, 0.1) is 0 Å². The molecule has 0 aromatic heterocycles. The number of halogens is 1. The van der Waals surface area contributed by atoms with Crippen LogP contribution >= 0.6 is 0 Å². The van der Waals surface area contributed by atoms with Crippen LogP contribution < -0.4 is 17.0 Å². The Morgan fingerprint density at radius 3 is 1.90 bits per heavy atom. The number of unbranched alkanes of at least 4 members (excludes halogenated alkanes) is 5. The second kappa shape index (κ2) is 12.2. The average molecular weight is 356 g/mol. The van der Waals surface area contributed by atoms with E-state index in [9.17, 15) is 0 Å². The first-order valence-corrected chi connectivity index (χ1v) is 8.65. The van der Waals surface area contributed by atoms with Crippen molar-refractivity contribution in [3.63, 3.8) is 0 Å². The van der Waals surface area contributed by atoms with Gasteiger partial charge in [0.1, 0.15) is 6.54 Å². The molecule has 0 aliphatic rings. The van der Waals surface area contributed by atoms with Crippen molar-refractivity contribution in [2.75, 3.05) is 19.6 Å². The first-order valence-electron chi connectivity index (χ1n) is 8.65. The second-order valence-corrected chi connectivity index (χ2v) is 6.11. The number of rotatable bonds is 11. The first-order chi connectivity index (χ1) is 9.76. The summed E-state index contributed by atoms with van der Waals surface area (Å²) in [5.74, 6) is 0. The van der Waals surface area contributed by atoms with E-state index in [0.29, 0.717) is 0 Å². The van der Waals surface area contributed by atoms with Crippen LogP contribution in [-0.4, -0.2) is 24.1 Å². The summed E-state index contributed by atoms with van der Waals surface area (Å²) in [4.78, 5) is 0. The zero-order valence-electron chi connectivity index (χ0n) is 14.3.